The van der Waals surface area contributed by atoms with Gasteiger partial charge in [0.15, 0.2) is 0 Å². The lowest BCUT2D eigenvalue weighted by atomic mass is 9.84. The lowest BCUT2D eigenvalue weighted by Crippen LogP contribution is -2.45. The molecule has 1 saturated carbocycles. The molecule has 0 bridgehead atoms. The van der Waals surface area contributed by atoms with E-state index in [1.165, 1.54) is 6.07 Å². The summed E-state index contributed by atoms with van der Waals surface area (Å²) in [7, 11) is 0. The van der Waals surface area contributed by atoms with Crippen molar-refractivity contribution >= 4 is 30.1 Å². The van der Waals surface area contributed by atoms with Gasteiger partial charge in [-0.05, 0) is 43.0 Å². The summed E-state index contributed by atoms with van der Waals surface area (Å²) in [6.45, 7) is 0.399. The van der Waals surface area contributed by atoms with E-state index in [4.69, 9.17) is 5.73 Å². The summed E-state index contributed by atoms with van der Waals surface area (Å²) in [6.07, 6.45) is 4.71. The molecule has 0 saturated heterocycles. The Kier molecular flexibility index (Phi) is 5.75. The van der Waals surface area contributed by atoms with Crippen LogP contribution in [0.25, 0.3) is 0 Å². The Hall–Kier alpha value is -0.780. The van der Waals surface area contributed by atoms with E-state index in [-0.39, 0.29) is 30.2 Å². The zero-order chi connectivity index (χ0) is 14.9. The first-order valence-corrected chi connectivity index (χ1v) is 8.56. The highest BCUT2D eigenvalue weighted by Crippen LogP contribution is 2.40. The number of halogens is 2. The van der Waals surface area contributed by atoms with Crippen molar-refractivity contribution in [1.29, 1.82) is 0 Å². The first-order chi connectivity index (χ1) is 10.1. The molecule has 3 N–H and O–H groups in total. The Morgan fingerprint density at radius 1 is 1.41 bits per heavy atom. The van der Waals surface area contributed by atoms with Gasteiger partial charge in [0.2, 0.25) is 5.91 Å². The summed E-state index contributed by atoms with van der Waals surface area (Å²) in [5.74, 6) is 0.749. The molecule has 1 heterocycles. The second kappa shape index (κ2) is 7.20. The SMILES string of the molecule is Cl.NCC1(C(=O)NC2CCSc3ccc(F)cc32)CCCC1. The fourth-order valence-electron chi connectivity index (χ4n) is 3.40. The quantitative estimate of drug-likeness (QED) is 0.883. The van der Waals surface area contributed by atoms with E-state index in [0.717, 1.165) is 48.3 Å². The second-order valence-electron chi connectivity index (χ2n) is 6.04. The van der Waals surface area contributed by atoms with Crippen molar-refractivity contribution < 1.29 is 9.18 Å². The first kappa shape index (κ1) is 17.6. The van der Waals surface area contributed by atoms with Crippen LogP contribution >= 0.6 is 24.2 Å². The van der Waals surface area contributed by atoms with Gasteiger partial charge in [0, 0.05) is 17.2 Å². The van der Waals surface area contributed by atoms with Crippen molar-refractivity contribution in [1.82, 2.24) is 5.32 Å². The van der Waals surface area contributed by atoms with E-state index in [9.17, 15) is 9.18 Å². The van der Waals surface area contributed by atoms with Crippen molar-refractivity contribution in [2.75, 3.05) is 12.3 Å². The number of carbonyl (C=O) groups is 1. The van der Waals surface area contributed by atoms with E-state index in [2.05, 4.69) is 5.32 Å². The average molecular weight is 345 g/mol. The maximum atomic E-state index is 13.5. The van der Waals surface area contributed by atoms with Gasteiger partial charge in [-0.25, -0.2) is 4.39 Å². The number of fused-ring (bicyclic) bond motifs is 1. The van der Waals surface area contributed by atoms with Gasteiger partial charge in [0.1, 0.15) is 5.82 Å². The normalized spacial score (nSPS) is 22.5. The summed E-state index contributed by atoms with van der Waals surface area (Å²) in [5, 5.41) is 3.14. The van der Waals surface area contributed by atoms with Crippen molar-refractivity contribution in [3.8, 4) is 0 Å². The van der Waals surface area contributed by atoms with E-state index < -0.39 is 5.41 Å². The molecule has 1 aromatic rings. The van der Waals surface area contributed by atoms with Crippen LogP contribution in [0.2, 0.25) is 0 Å². The number of thioether (sulfide) groups is 1. The van der Waals surface area contributed by atoms with Gasteiger partial charge in [-0.1, -0.05) is 12.8 Å². The first-order valence-electron chi connectivity index (χ1n) is 7.58. The van der Waals surface area contributed by atoms with Gasteiger partial charge in [0.05, 0.1) is 11.5 Å². The van der Waals surface area contributed by atoms with Gasteiger partial charge in [0.25, 0.3) is 0 Å². The number of hydrogen-bond acceptors (Lipinski definition) is 3. The smallest absolute Gasteiger partial charge is 0.227 e. The maximum absolute atomic E-state index is 13.5. The average Bonchev–Trinajstić information content (AvgIpc) is 2.98. The Balaban J connectivity index is 0.00000176. The van der Waals surface area contributed by atoms with Crippen LogP contribution in [0.5, 0.6) is 0 Å². The van der Waals surface area contributed by atoms with E-state index in [0.29, 0.717) is 6.54 Å². The summed E-state index contributed by atoms with van der Waals surface area (Å²) < 4.78 is 13.5. The predicted octanol–water partition coefficient (Wildman–Crippen LogP) is 3.42. The molecule has 122 valence electrons. The summed E-state index contributed by atoms with van der Waals surface area (Å²) in [4.78, 5) is 13.7. The Morgan fingerprint density at radius 3 is 2.82 bits per heavy atom. The van der Waals surface area contributed by atoms with Crippen LogP contribution in [-0.4, -0.2) is 18.2 Å². The highest BCUT2D eigenvalue weighted by atomic mass is 35.5. The van der Waals surface area contributed by atoms with Crippen LogP contribution in [0.4, 0.5) is 4.39 Å². The van der Waals surface area contributed by atoms with Crippen LogP contribution in [-0.2, 0) is 4.79 Å². The Labute approximate surface area is 141 Å². The van der Waals surface area contributed by atoms with Crippen LogP contribution in [0.1, 0.15) is 43.7 Å². The molecule has 1 fully saturated rings. The van der Waals surface area contributed by atoms with Crippen molar-refractivity contribution in [2.45, 2.75) is 43.0 Å². The number of nitrogens with two attached hydrogens (primary N) is 1. The minimum atomic E-state index is -0.405. The van der Waals surface area contributed by atoms with Crippen molar-refractivity contribution in [2.24, 2.45) is 11.1 Å². The second-order valence-corrected chi connectivity index (χ2v) is 7.17. The Bertz CT molecular complexity index is 549. The van der Waals surface area contributed by atoms with E-state index in [1.54, 1.807) is 17.8 Å². The summed E-state index contributed by atoms with van der Waals surface area (Å²) in [6, 6.07) is 4.75. The molecule has 1 aliphatic carbocycles. The summed E-state index contributed by atoms with van der Waals surface area (Å²) in [5.41, 5.74) is 6.37. The summed E-state index contributed by atoms with van der Waals surface area (Å²) >= 11 is 1.72. The zero-order valence-electron chi connectivity index (χ0n) is 12.4. The van der Waals surface area contributed by atoms with Gasteiger partial charge in [-0.3, -0.25) is 4.79 Å². The molecule has 22 heavy (non-hydrogen) atoms. The van der Waals surface area contributed by atoms with Gasteiger partial charge in [-0.2, -0.15) is 0 Å². The van der Waals surface area contributed by atoms with Crippen molar-refractivity contribution in [3.05, 3.63) is 29.6 Å². The number of amides is 1. The molecule has 1 aliphatic heterocycles. The molecule has 1 unspecified atom stereocenters. The lowest BCUT2D eigenvalue weighted by molar-refractivity contribution is -0.131. The molecule has 0 spiro atoms. The topological polar surface area (TPSA) is 55.1 Å². The molecule has 1 amide bonds. The van der Waals surface area contributed by atoms with Gasteiger partial charge < -0.3 is 11.1 Å². The number of rotatable bonds is 3. The van der Waals surface area contributed by atoms with Gasteiger partial charge >= 0.3 is 0 Å². The molecule has 6 heteroatoms. The maximum Gasteiger partial charge on any atom is 0.227 e. The molecule has 3 nitrogen and oxygen atoms in total. The largest absolute Gasteiger partial charge is 0.349 e. The zero-order valence-corrected chi connectivity index (χ0v) is 14.1. The monoisotopic (exact) mass is 344 g/mol. The molecular weight excluding hydrogens is 323 g/mol. The van der Waals surface area contributed by atoms with Crippen molar-refractivity contribution in [3.63, 3.8) is 0 Å². The highest BCUT2D eigenvalue weighted by molar-refractivity contribution is 7.99. The molecule has 0 radical (unpaired) electrons. The fraction of sp³-hybridized carbons (Fsp3) is 0.562. The lowest BCUT2D eigenvalue weighted by Gasteiger charge is -2.31. The third-order valence-corrected chi connectivity index (χ3v) is 5.87. The number of benzene rings is 1. The molecule has 2 aliphatic rings. The number of hydrogen-bond donors (Lipinski definition) is 2. The third kappa shape index (κ3) is 3.26. The minimum Gasteiger partial charge on any atom is -0.349 e. The fourth-order valence-corrected chi connectivity index (χ4v) is 4.51. The molecule has 1 atom stereocenters. The van der Waals surface area contributed by atoms with Crippen LogP contribution in [0.15, 0.2) is 23.1 Å². The van der Waals surface area contributed by atoms with E-state index in [1.807, 2.05) is 6.07 Å². The number of carbonyl (C=O) groups excluding carboxylic acids is 1. The third-order valence-electron chi connectivity index (χ3n) is 4.75. The standard InChI is InChI=1S/C16H21FN2OS.ClH/c17-11-3-4-14-12(9-11)13(5-8-21-14)19-15(20)16(10-18)6-1-2-7-16;/h3-4,9,13H,1-2,5-8,10,18H2,(H,19,20);1H. The molecule has 1 aromatic carbocycles. The molecule has 3 rings (SSSR count). The molecular formula is C16H22ClFN2OS. The van der Waals surface area contributed by atoms with Crippen LogP contribution < -0.4 is 11.1 Å². The van der Waals surface area contributed by atoms with Crippen LogP contribution in [0, 0.1) is 11.2 Å². The highest BCUT2D eigenvalue weighted by Gasteiger charge is 2.41. The molecule has 0 aromatic heterocycles. The predicted molar refractivity (Wildman–Crippen MR) is 89.8 cm³/mol. The minimum absolute atomic E-state index is 0. The van der Waals surface area contributed by atoms with E-state index >= 15 is 0 Å². The Morgan fingerprint density at radius 2 is 2.14 bits per heavy atom. The number of nitrogens with one attached hydrogen (secondary N) is 1. The van der Waals surface area contributed by atoms with Crippen LogP contribution in [0.3, 0.4) is 0 Å². The van der Waals surface area contributed by atoms with Gasteiger partial charge in [-0.15, -0.1) is 24.2 Å².